The standard InChI is InChI=1S/C39H36N4O6/c1-5-46-36-23-28(21-32-26(3)40-42(38(32)44)30-13-9-7-10-14-30)17-19-34(36)48-25-49-35-20-18-29(24-37(35)47-6-2)22-33-27(4)41-43(39(33)45)31-15-11-8-12-16-31/h7-24H,5-6,25H2,1-4H3/b32-21-,33-22-. The minimum atomic E-state index is -0.199. The normalized spacial score (nSPS) is 15.9. The fraction of sp³-hybridized carbons (Fsp3) is 0.179. The van der Waals surface area contributed by atoms with E-state index >= 15 is 0 Å². The largest absolute Gasteiger partial charge is 0.490 e. The van der Waals surface area contributed by atoms with E-state index < -0.39 is 0 Å². The predicted molar refractivity (Wildman–Crippen MR) is 191 cm³/mol. The van der Waals surface area contributed by atoms with Crippen LogP contribution in [0.5, 0.6) is 23.0 Å². The zero-order chi connectivity index (χ0) is 34.3. The highest BCUT2D eigenvalue weighted by Gasteiger charge is 2.30. The van der Waals surface area contributed by atoms with Gasteiger partial charge in [0.25, 0.3) is 11.8 Å². The second-order valence-electron chi connectivity index (χ2n) is 11.1. The Bertz CT molecular complexity index is 1840. The van der Waals surface area contributed by atoms with Gasteiger partial charge in [-0.3, -0.25) is 9.59 Å². The summed E-state index contributed by atoms with van der Waals surface area (Å²) in [4.78, 5) is 26.4. The Morgan fingerprint density at radius 3 is 1.35 bits per heavy atom. The van der Waals surface area contributed by atoms with Gasteiger partial charge in [0.2, 0.25) is 6.79 Å². The first-order chi connectivity index (χ1) is 23.9. The fourth-order valence-electron chi connectivity index (χ4n) is 5.35. The maximum atomic E-state index is 13.2. The summed E-state index contributed by atoms with van der Waals surface area (Å²) in [6.45, 7) is 8.11. The zero-order valence-electron chi connectivity index (χ0n) is 27.8. The molecule has 0 radical (unpaired) electrons. The maximum absolute atomic E-state index is 13.2. The first-order valence-corrected chi connectivity index (χ1v) is 16.0. The SMILES string of the molecule is CCOc1cc(/C=C2\C(=O)N(c3ccccc3)N=C2C)ccc1OCOc1ccc(/C=C2\C(=O)N(c3ccccc3)N=C2C)cc1OCC. The van der Waals surface area contributed by atoms with E-state index in [1.54, 1.807) is 24.3 Å². The number of carbonyl (C=O) groups is 2. The highest BCUT2D eigenvalue weighted by molar-refractivity contribution is 6.32. The lowest BCUT2D eigenvalue weighted by Gasteiger charge is -2.16. The molecule has 49 heavy (non-hydrogen) atoms. The van der Waals surface area contributed by atoms with Crippen LogP contribution in [0, 0.1) is 0 Å². The first kappa shape index (κ1) is 32.8. The van der Waals surface area contributed by atoms with Crippen LogP contribution in [0.1, 0.15) is 38.8 Å². The molecule has 0 spiro atoms. The van der Waals surface area contributed by atoms with Crippen molar-refractivity contribution in [3.05, 3.63) is 119 Å². The second-order valence-corrected chi connectivity index (χ2v) is 11.1. The summed E-state index contributed by atoms with van der Waals surface area (Å²) in [5.41, 5.74) is 5.19. The van der Waals surface area contributed by atoms with Crippen molar-refractivity contribution in [2.75, 3.05) is 30.0 Å². The van der Waals surface area contributed by atoms with E-state index in [1.807, 2.05) is 113 Å². The third kappa shape index (κ3) is 7.23. The van der Waals surface area contributed by atoms with Crippen LogP contribution >= 0.6 is 0 Å². The number of ether oxygens (including phenoxy) is 4. The van der Waals surface area contributed by atoms with E-state index in [9.17, 15) is 9.59 Å². The fourth-order valence-corrected chi connectivity index (χ4v) is 5.35. The summed E-state index contributed by atoms with van der Waals surface area (Å²) >= 11 is 0. The maximum Gasteiger partial charge on any atom is 0.280 e. The van der Waals surface area contributed by atoms with Crippen molar-refractivity contribution >= 4 is 46.8 Å². The van der Waals surface area contributed by atoms with Crippen molar-refractivity contribution in [3.63, 3.8) is 0 Å². The van der Waals surface area contributed by atoms with Gasteiger partial charge in [-0.15, -0.1) is 0 Å². The summed E-state index contributed by atoms with van der Waals surface area (Å²) in [5, 5.41) is 11.7. The van der Waals surface area contributed by atoms with Gasteiger partial charge in [0.1, 0.15) is 0 Å². The zero-order valence-corrected chi connectivity index (χ0v) is 27.8. The number of hydrazone groups is 2. The number of benzene rings is 4. The van der Waals surface area contributed by atoms with Gasteiger partial charge in [-0.05, 0) is 99.5 Å². The molecule has 0 atom stereocenters. The number of amides is 2. The van der Waals surface area contributed by atoms with Crippen LogP contribution < -0.4 is 29.0 Å². The van der Waals surface area contributed by atoms with Crippen molar-refractivity contribution in [1.82, 2.24) is 0 Å². The van der Waals surface area contributed by atoms with E-state index in [2.05, 4.69) is 10.2 Å². The lowest BCUT2D eigenvalue weighted by atomic mass is 10.1. The van der Waals surface area contributed by atoms with Crippen LogP contribution in [0.25, 0.3) is 12.2 Å². The molecule has 0 saturated heterocycles. The van der Waals surface area contributed by atoms with Gasteiger partial charge >= 0.3 is 0 Å². The van der Waals surface area contributed by atoms with Crippen molar-refractivity contribution in [1.29, 1.82) is 0 Å². The molecule has 6 rings (SSSR count). The van der Waals surface area contributed by atoms with Crippen LogP contribution in [0.3, 0.4) is 0 Å². The minimum absolute atomic E-state index is 0.117. The van der Waals surface area contributed by atoms with Gasteiger partial charge in [0, 0.05) is 0 Å². The van der Waals surface area contributed by atoms with Crippen molar-refractivity contribution < 1.29 is 28.5 Å². The van der Waals surface area contributed by atoms with Crippen LogP contribution in [0.2, 0.25) is 0 Å². The molecule has 0 aromatic heterocycles. The molecule has 0 saturated carbocycles. The topological polar surface area (TPSA) is 102 Å². The Kier molecular flexibility index (Phi) is 9.85. The Hall–Kier alpha value is -6.16. The molecule has 0 aliphatic carbocycles. The van der Waals surface area contributed by atoms with Gasteiger partial charge in [0.05, 0.1) is 47.2 Å². The summed E-state index contributed by atoms with van der Waals surface area (Å²) in [7, 11) is 0. The molecule has 2 heterocycles. The molecule has 248 valence electrons. The molecule has 0 unspecified atom stereocenters. The van der Waals surface area contributed by atoms with Gasteiger partial charge in [0.15, 0.2) is 23.0 Å². The molecular weight excluding hydrogens is 620 g/mol. The molecule has 0 N–H and O–H groups in total. The Morgan fingerprint density at radius 1 is 0.551 bits per heavy atom. The number of hydrogen-bond donors (Lipinski definition) is 0. The molecule has 4 aromatic rings. The molecule has 2 aliphatic heterocycles. The predicted octanol–water partition coefficient (Wildman–Crippen LogP) is 7.51. The third-order valence-corrected chi connectivity index (χ3v) is 7.71. The Balaban J connectivity index is 1.14. The van der Waals surface area contributed by atoms with E-state index in [0.29, 0.717) is 70.2 Å². The van der Waals surface area contributed by atoms with Gasteiger partial charge in [-0.2, -0.15) is 20.2 Å². The van der Waals surface area contributed by atoms with Crippen molar-refractivity contribution in [2.24, 2.45) is 10.2 Å². The Labute approximate surface area is 285 Å². The lowest BCUT2D eigenvalue weighted by molar-refractivity contribution is -0.115. The van der Waals surface area contributed by atoms with E-state index in [1.165, 1.54) is 10.0 Å². The molecule has 2 aliphatic rings. The van der Waals surface area contributed by atoms with Gasteiger partial charge in [-0.25, -0.2) is 0 Å². The van der Waals surface area contributed by atoms with Crippen LogP contribution in [-0.4, -0.2) is 43.2 Å². The lowest BCUT2D eigenvalue weighted by Crippen LogP contribution is -2.21. The number of hydrogen-bond acceptors (Lipinski definition) is 8. The number of rotatable bonds is 12. The quantitative estimate of drug-likeness (QED) is 0.116. The van der Waals surface area contributed by atoms with Gasteiger partial charge in [-0.1, -0.05) is 48.5 Å². The molecule has 10 heteroatoms. The molecule has 10 nitrogen and oxygen atoms in total. The highest BCUT2D eigenvalue weighted by Crippen LogP contribution is 2.34. The van der Waals surface area contributed by atoms with Crippen molar-refractivity contribution in [3.8, 4) is 23.0 Å². The van der Waals surface area contributed by atoms with Crippen molar-refractivity contribution in [2.45, 2.75) is 27.7 Å². The molecule has 0 fully saturated rings. The summed E-state index contributed by atoms with van der Waals surface area (Å²) in [5.74, 6) is 1.58. The molecule has 0 bridgehead atoms. The molecule has 2 amide bonds. The summed E-state index contributed by atoms with van der Waals surface area (Å²) < 4.78 is 23.7. The second kappa shape index (κ2) is 14.7. The Morgan fingerprint density at radius 2 is 0.959 bits per heavy atom. The van der Waals surface area contributed by atoms with Crippen LogP contribution in [-0.2, 0) is 9.59 Å². The van der Waals surface area contributed by atoms with Crippen LogP contribution in [0.15, 0.2) is 118 Å². The van der Waals surface area contributed by atoms with E-state index in [0.717, 1.165) is 11.1 Å². The smallest absolute Gasteiger partial charge is 0.280 e. The summed E-state index contributed by atoms with van der Waals surface area (Å²) in [6.07, 6.45) is 3.59. The number of para-hydroxylation sites is 2. The van der Waals surface area contributed by atoms with Crippen LogP contribution in [0.4, 0.5) is 11.4 Å². The average molecular weight is 657 g/mol. The number of anilines is 2. The average Bonchev–Trinajstić information content (AvgIpc) is 3.56. The molecular formula is C39H36N4O6. The third-order valence-electron chi connectivity index (χ3n) is 7.71. The van der Waals surface area contributed by atoms with E-state index in [-0.39, 0.29) is 18.6 Å². The number of nitrogens with zero attached hydrogens (tertiary/aromatic N) is 4. The van der Waals surface area contributed by atoms with Gasteiger partial charge < -0.3 is 18.9 Å². The number of carbonyl (C=O) groups excluding carboxylic acids is 2. The minimum Gasteiger partial charge on any atom is -0.490 e. The van der Waals surface area contributed by atoms with E-state index in [4.69, 9.17) is 18.9 Å². The first-order valence-electron chi connectivity index (χ1n) is 16.0. The summed E-state index contributed by atoms with van der Waals surface area (Å²) in [6, 6.07) is 29.5. The monoisotopic (exact) mass is 656 g/mol. The molecule has 4 aromatic carbocycles. The highest BCUT2D eigenvalue weighted by atomic mass is 16.7.